The number of nitrogens with two attached hydrogens (primary N) is 1. The normalized spacial score (nSPS) is 11.8. The van der Waals surface area contributed by atoms with Crippen molar-refractivity contribution in [3.63, 3.8) is 0 Å². The van der Waals surface area contributed by atoms with E-state index in [9.17, 15) is 14.4 Å². The zero-order chi connectivity index (χ0) is 12.8. The van der Waals surface area contributed by atoms with Crippen molar-refractivity contribution in [2.24, 2.45) is 5.73 Å². The average Bonchev–Trinajstić information content (AvgIpc) is 2.76. The van der Waals surface area contributed by atoms with Crippen LogP contribution < -0.4 is 11.1 Å². The van der Waals surface area contributed by atoms with Crippen LogP contribution in [0.5, 0.6) is 0 Å². The van der Waals surface area contributed by atoms with Crippen molar-refractivity contribution in [1.82, 2.24) is 20.7 Å². The lowest BCUT2D eigenvalue weighted by Crippen LogP contribution is -2.41. The number of hydrogen-bond acceptors (Lipinski definition) is 5. The lowest BCUT2D eigenvalue weighted by atomic mass is 10.1. The highest BCUT2D eigenvalue weighted by Gasteiger charge is 2.22. The van der Waals surface area contributed by atoms with Crippen LogP contribution in [0.2, 0.25) is 0 Å². The molecule has 0 saturated carbocycles. The highest BCUT2D eigenvalue weighted by atomic mass is 16.4. The summed E-state index contributed by atoms with van der Waals surface area (Å²) in [5.41, 5.74) is 4.86. The molecule has 1 rings (SSSR count). The van der Waals surface area contributed by atoms with Crippen LogP contribution in [0.1, 0.15) is 23.3 Å². The summed E-state index contributed by atoms with van der Waals surface area (Å²) in [6.45, 7) is 0. The minimum absolute atomic E-state index is 0.0321. The fraction of sp³-hybridized carbons (Fsp3) is 0.375. The van der Waals surface area contributed by atoms with Gasteiger partial charge in [-0.05, 0) is 6.42 Å². The van der Waals surface area contributed by atoms with E-state index < -0.39 is 23.8 Å². The largest absolute Gasteiger partial charge is 0.480 e. The smallest absolute Gasteiger partial charge is 0.326 e. The number of nitrogens with zero attached hydrogens (tertiary/aromatic N) is 2. The summed E-state index contributed by atoms with van der Waals surface area (Å²) in [5, 5.41) is 20.2. The Bertz CT molecular complexity index is 416. The van der Waals surface area contributed by atoms with Crippen LogP contribution in [0.15, 0.2) is 6.20 Å². The second kappa shape index (κ2) is 5.58. The molecule has 5 N–H and O–H groups in total. The summed E-state index contributed by atoms with van der Waals surface area (Å²) < 4.78 is 0. The van der Waals surface area contributed by atoms with Gasteiger partial charge in [0.05, 0.1) is 6.20 Å². The number of carboxylic acids is 1. The Balaban J connectivity index is 2.58. The Kier molecular flexibility index (Phi) is 4.14. The molecule has 1 heterocycles. The van der Waals surface area contributed by atoms with E-state index in [1.807, 2.05) is 0 Å². The number of rotatable bonds is 6. The number of hydrogen-bond donors (Lipinski definition) is 4. The number of aromatic amines is 1. The quantitative estimate of drug-likeness (QED) is 0.463. The van der Waals surface area contributed by atoms with E-state index in [1.165, 1.54) is 0 Å². The molecule has 0 bridgehead atoms. The van der Waals surface area contributed by atoms with Crippen molar-refractivity contribution in [1.29, 1.82) is 0 Å². The lowest BCUT2D eigenvalue weighted by Gasteiger charge is -2.12. The molecule has 9 nitrogen and oxygen atoms in total. The maximum absolute atomic E-state index is 11.5. The highest BCUT2D eigenvalue weighted by molar-refractivity contribution is 5.94. The van der Waals surface area contributed by atoms with Crippen molar-refractivity contribution in [3.05, 3.63) is 11.9 Å². The Morgan fingerprint density at radius 2 is 2.24 bits per heavy atom. The van der Waals surface area contributed by atoms with Gasteiger partial charge in [-0.25, -0.2) is 4.79 Å². The first kappa shape index (κ1) is 12.6. The van der Waals surface area contributed by atoms with E-state index in [1.54, 1.807) is 0 Å². The molecule has 0 spiro atoms. The summed E-state index contributed by atoms with van der Waals surface area (Å²) in [6, 6.07) is -1.19. The number of carbonyl (C=O) groups is 3. The Morgan fingerprint density at radius 3 is 2.71 bits per heavy atom. The van der Waals surface area contributed by atoms with Gasteiger partial charge in [-0.3, -0.25) is 9.59 Å². The van der Waals surface area contributed by atoms with E-state index in [0.717, 1.165) is 6.20 Å². The van der Waals surface area contributed by atoms with Crippen LogP contribution in [0.4, 0.5) is 0 Å². The SMILES string of the molecule is NC(=O)CC[C@@H](NC(=O)c1cn[nH]n1)C(=O)O. The molecule has 0 aliphatic heterocycles. The average molecular weight is 241 g/mol. The van der Waals surface area contributed by atoms with Gasteiger partial charge in [0.2, 0.25) is 5.91 Å². The monoisotopic (exact) mass is 241 g/mol. The molecule has 92 valence electrons. The van der Waals surface area contributed by atoms with Crippen molar-refractivity contribution in [3.8, 4) is 0 Å². The minimum Gasteiger partial charge on any atom is -0.480 e. The highest BCUT2D eigenvalue weighted by Crippen LogP contribution is 1.99. The molecule has 0 aromatic carbocycles. The molecule has 0 aliphatic carbocycles. The summed E-state index contributed by atoms with van der Waals surface area (Å²) in [5.74, 6) is -2.56. The summed E-state index contributed by atoms with van der Waals surface area (Å²) >= 11 is 0. The summed E-state index contributed by atoms with van der Waals surface area (Å²) in [6.07, 6.45) is 0.951. The number of primary amides is 1. The van der Waals surface area contributed by atoms with E-state index in [0.29, 0.717) is 0 Å². The molecule has 1 aromatic heterocycles. The van der Waals surface area contributed by atoms with Gasteiger partial charge in [0, 0.05) is 6.42 Å². The van der Waals surface area contributed by atoms with Gasteiger partial charge in [-0.1, -0.05) is 0 Å². The fourth-order valence-corrected chi connectivity index (χ4v) is 1.09. The number of carboxylic acid groups (broad SMARTS) is 1. The molecule has 0 fully saturated rings. The number of carbonyl (C=O) groups excluding carboxylic acids is 2. The summed E-state index contributed by atoms with van der Waals surface area (Å²) in [7, 11) is 0. The second-order valence-electron chi connectivity index (χ2n) is 3.22. The summed E-state index contributed by atoms with van der Waals surface area (Å²) in [4.78, 5) is 32.8. The molecule has 9 heteroatoms. The van der Waals surface area contributed by atoms with Gasteiger partial charge in [-0.15, -0.1) is 0 Å². The molecule has 1 atom stereocenters. The van der Waals surface area contributed by atoms with E-state index >= 15 is 0 Å². The van der Waals surface area contributed by atoms with E-state index in [-0.39, 0.29) is 18.5 Å². The molecular formula is C8H11N5O4. The first-order chi connectivity index (χ1) is 8.00. The van der Waals surface area contributed by atoms with Gasteiger partial charge in [-0.2, -0.15) is 15.4 Å². The van der Waals surface area contributed by atoms with Gasteiger partial charge in [0.15, 0.2) is 5.69 Å². The lowest BCUT2D eigenvalue weighted by molar-refractivity contribution is -0.139. The number of H-pyrrole nitrogens is 1. The van der Waals surface area contributed by atoms with Gasteiger partial charge in [0.25, 0.3) is 5.91 Å². The Hall–Kier alpha value is -2.45. The predicted molar refractivity (Wildman–Crippen MR) is 53.7 cm³/mol. The topological polar surface area (TPSA) is 151 Å². The van der Waals surface area contributed by atoms with Crippen LogP contribution >= 0.6 is 0 Å². The fourth-order valence-electron chi connectivity index (χ4n) is 1.09. The van der Waals surface area contributed by atoms with Crippen molar-refractivity contribution in [2.75, 3.05) is 0 Å². The number of nitrogens with one attached hydrogen (secondary N) is 2. The number of aliphatic carboxylic acids is 1. The maximum Gasteiger partial charge on any atom is 0.326 e. The van der Waals surface area contributed by atoms with Gasteiger partial charge >= 0.3 is 5.97 Å². The van der Waals surface area contributed by atoms with Crippen molar-refractivity contribution < 1.29 is 19.5 Å². The zero-order valence-corrected chi connectivity index (χ0v) is 8.71. The van der Waals surface area contributed by atoms with Crippen LogP contribution in [0.25, 0.3) is 0 Å². The maximum atomic E-state index is 11.5. The number of aromatic nitrogens is 3. The molecule has 0 aliphatic rings. The minimum atomic E-state index is -1.25. The molecule has 0 saturated heterocycles. The van der Waals surface area contributed by atoms with Crippen LogP contribution in [0.3, 0.4) is 0 Å². The molecular weight excluding hydrogens is 230 g/mol. The third kappa shape index (κ3) is 3.89. The van der Waals surface area contributed by atoms with Crippen molar-refractivity contribution in [2.45, 2.75) is 18.9 Å². The third-order valence-corrected chi connectivity index (χ3v) is 1.93. The molecule has 17 heavy (non-hydrogen) atoms. The Labute approximate surface area is 95.4 Å². The first-order valence-electron chi connectivity index (χ1n) is 4.68. The van der Waals surface area contributed by atoms with E-state index in [4.69, 9.17) is 10.8 Å². The number of amides is 2. The second-order valence-corrected chi connectivity index (χ2v) is 3.22. The molecule has 1 aromatic rings. The molecule has 0 radical (unpaired) electrons. The van der Waals surface area contributed by atoms with Crippen LogP contribution in [-0.2, 0) is 9.59 Å². The zero-order valence-electron chi connectivity index (χ0n) is 8.71. The van der Waals surface area contributed by atoms with Crippen molar-refractivity contribution >= 4 is 17.8 Å². The molecule has 2 amide bonds. The van der Waals surface area contributed by atoms with Gasteiger partial charge < -0.3 is 16.2 Å². The standard InChI is InChI=1S/C8H11N5O4/c9-6(14)2-1-4(8(16)17)11-7(15)5-3-10-13-12-5/h3-4H,1-2H2,(H2,9,14)(H,11,15)(H,16,17)(H,10,12,13)/t4-/m1/s1. The van der Waals surface area contributed by atoms with Gasteiger partial charge in [0.1, 0.15) is 6.04 Å². The first-order valence-corrected chi connectivity index (χ1v) is 4.68. The van der Waals surface area contributed by atoms with Crippen LogP contribution in [0, 0.1) is 0 Å². The third-order valence-electron chi connectivity index (χ3n) is 1.93. The molecule has 0 unspecified atom stereocenters. The Morgan fingerprint density at radius 1 is 1.53 bits per heavy atom. The predicted octanol–water partition coefficient (Wildman–Crippen LogP) is -1.75. The van der Waals surface area contributed by atoms with Crippen LogP contribution in [-0.4, -0.2) is 44.3 Å². The van der Waals surface area contributed by atoms with E-state index in [2.05, 4.69) is 20.7 Å².